The number of rotatable bonds is 6. The monoisotopic (exact) mass is 376 g/mol. The van der Waals surface area contributed by atoms with E-state index in [-0.39, 0.29) is 23.4 Å². The van der Waals surface area contributed by atoms with Gasteiger partial charge < -0.3 is 19.7 Å². The maximum atomic E-state index is 13.1. The summed E-state index contributed by atoms with van der Waals surface area (Å²) in [5.41, 5.74) is 1.93. The van der Waals surface area contributed by atoms with E-state index in [1.807, 2.05) is 32.0 Å². The minimum absolute atomic E-state index is 0.0510. The predicted octanol–water partition coefficient (Wildman–Crippen LogP) is 4.66. The number of carbonyl (C=O) groups is 1. The van der Waals surface area contributed by atoms with Crippen LogP contribution in [-0.4, -0.2) is 30.6 Å². The van der Waals surface area contributed by atoms with Crippen LogP contribution in [0.3, 0.4) is 0 Å². The summed E-state index contributed by atoms with van der Waals surface area (Å²) in [4.78, 5) is 14.8. The molecule has 0 aliphatic carbocycles. The van der Waals surface area contributed by atoms with E-state index in [2.05, 4.69) is 10.1 Å². The van der Waals surface area contributed by atoms with Crippen LogP contribution in [0.25, 0.3) is 0 Å². The Hall–Kier alpha value is -2.83. The van der Waals surface area contributed by atoms with Gasteiger partial charge in [-0.25, -0.2) is 0 Å². The van der Waals surface area contributed by atoms with Crippen molar-refractivity contribution in [2.45, 2.75) is 39.1 Å². The van der Waals surface area contributed by atoms with Crippen LogP contribution in [0.4, 0.5) is 14.5 Å². The highest BCUT2D eigenvalue weighted by Crippen LogP contribution is 2.38. The zero-order chi connectivity index (χ0) is 19.6. The molecule has 2 aromatic carbocycles. The van der Waals surface area contributed by atoms with Crippen LogP contribution in [0.5, 0.6) is 11.5 Å². The molecule has 2 atom stereocenters. The van der Waals surface area contributed by atoms with E-state index < -0.39 is 12.8 Å². The van der Waals surface area contributed by atoms with Gasteiger partial charge in [-0.3, -0.25) is 4.79 Å². The van der Waals surface area contributed by atoms with Crippen LogP contribution < -0.4 is 14.8 Å². The first-order chi connectivity index (χ1) is 13.0. The van der Waals surface area contributed by atoms with Crippen molar-refractivity contribution in [2.24, 2.45) is 0 Å². The molecule has 0 saturated heterocycles. The zero-order valence-electron chi connectivity index (χ0n) is 15.4. The Bertz CT molecular complexity index is 829. The van der Waals surface area contributed by atoms with E-state index in [1.54, 1.807) is 23.1 Å². The number of halogens is 2. The maximum Gasteiger partial charge on any atom is 0.387 e. The van der Waals surface area contributed by atoms with Crippen molar-refractivity contribution in [1.29, 1.82) is 0 Å². The lowest BCUT2D eigenvalue weighted by molar-refractivity contribution is -0.0513. The molecule has 3 rings (SSSR count). The molecule has 1 aliphatic rings. The Balaban J connectivity index is 2.06. The molecule has 7 heteroatoms. The minimum atomic E-state index is -2.97. The summed E-state index contributed by atoms with van der Waals surface area (Å²) in [5, 5.41) is 3.35. The number of hydrogen-bond acceptors (Lipinski definition) is 4. The van der Waals surface area contributed by atoms with Crippen molar-refractivity contribution in [3.63, 3.8) is 0 Å². The van der Waals surface area contributed by atoms with Crippen molar-refractivity contribution in [3.05, 3.63) is 53.6 Å². The van der Waals surface area contributed by atoms with Gasteiger partial charge in [-0.2, -0.15) is 8.78 Å². The number of alkyl halides is 2. The van der Waals surface area contributed by atoms with Gasteiger partial charge >= 0.3 is 6.61 Å². The molecule has 27 heavy (non-hydrogen) atoms. The molecule has 0 aromatic heterocycles. The Morgan fingerprint density at radius 2 is 1.93 bits per heavy atom. The van der Waals surface area contributed by atoms with Gasteiger partial charge in [-0.15, -0.1) is 0 Å². The third kappa shape index (κ3) is 3.67. The largest absolute Gasteiger partial charge is 0.493 e. The molecule has 0 unspecified atom stereocenters. The van der Waals surface area contributed by atoms with Gasteiger partial charge in [0, 0.05) is 11.7 Å². The fraction of sp³-hybridized carbons (Fsp3) is 0.350. The van der Waals surface area contributed by atoms with Crippen LogP contribution in [0.2, 0.25) is 0 Å². The molecule has 0 fully saturated rings. The SMILES string of the molecule is CC[C@@H](C)N1C(=O)c2ccccc2N[C@@H]1c1ccc(OC)c(OC(F)F)c1. The van der Waals surface area contributed by atoms with Gasteiger partial charge in [-0.05, 0) is 43.2 Å². The van der Waals surface area contributed by atoms with Crippen LogP contribution in [0.1, 0.15) is 42.4 Å². The number of benzene rings is 2. The Kier molecular flexibility index (Phi) is 5.48. The normalized spacial score (nSPS) is 17.3. The number of fused-ring (bicyclic) bond motifs is 1. The molecule has 1 aliphatic heterocycles. The van der Waals surface area contributed by atoms with Crippen LogP contribution in [0.15, 0.2) is 42.5 Å². The third-order valence-corrected chi connectivity index (χ3v) is 4.75. The summed E-state index contributed by atoms with van der Waals surface area (Å²) in [6.45, 7) is 0.983. The standard InChI is InChI=1S/C20H22F2N2O3/c1-4-12(2)24-18(23-15-8-6-5-7-14(15)19(24)25)13-9-10-16(26-3)17(11-13)27-20(21)22/h5-12,18,20,23H,4H2,1-3H3/t12-,18+/m1/s1. The van der Waals surface area contributed by atoms with E-state index in [9.17, 15) is 13.6 Å². The summed E-state index contributed by atoms with van der Waals surface area (Å²) in [6.07, 6.45) is 0.246. The van der Waals surface area contributed by atoms with Gasteiger partial charge in [-0.1, -0.05) is 25.1 Å². The molecule has 2 aromatic rings. The summed E-state index contributed by atoms with van der Waals surface area (Å²) in [6, 6.07) is 12.0. The van der Waals surface area contributed by atoms with Crippen molar-refractivity contribution in [2.75, 3.05) is 12.4 Å². The number of hydrogen-bond donors (Lipinski definition) is 1. The average Bonchev–Trinajstić information content (AvgIpc) is 2.67. The van der Waals surface area contributed by atoms with Gasteiger partial charge in [0.05, 0.1) is 12.7 Å². The Labute approximate surface area is 156 Å². The van der Waals surface area contributed by atoms with Crippen LogP contribution >= 0.6 is 0 Å². The first-order valence-corrected chi connectivity index (χ1v) is 8.77. The highest BCUT2D eigenvalue weighted by atomic mass is 19.3. The number of nitrogens with zero attached hydrogens (tertiary/aromatic N) is 1. The second-order valence-electron chi connectivity index (χ2n) is 6.35. The number of nitrogens with one attached hydrogen (secondary N) is 1. The maximum absolute atomic E-state index is 13.1. The first-order valence-electron chi connectivity index (χ1n) is 8.77. The number of anilines is 1. The fourth-order valence-electron chi connectivity index (χ4n) is 3.22. The first kappa shape index (κ1) is 18.9. The van der Waals surface area contributed by atoms with Crippen LogP contribution in [-0.2, 0) is 0 Å². The molecule has 0 bridgehead atoms. The number of para-hydroxylation sites is 1. The lowest BCUT2D eigenvalue weighted by atomic mass is 10.0. The second-order valence-corrected chi connectivity index (χ2v) is 6.35. The second kappa shape index (κ2) is 7.82. The molecule has 0 radical (unpaired) electrons. The van der Waals surface area contributed by atoms with Crippen molar-refractivity contribution in [3.8, 4) is 11.5 Å². The van der Waals surface area contributed by atoms with E-state index in [0.717, 1.165) is 6.42 Å². The molecule has 0 spiro atoms. The highest BCUT2D eigenvalue weighted by molar-refractivity contribution is 6.01. The van der Waals surface area contributed by atoms with E-state index >= 15 is 0 Å². The van der Waals surface area contributed by atoms with Crippen LogP contribution in [0, 0.1) is 0 Å². The third-order valence-electron chi connectivity index (χ3n) is 4.75. The summed E-state index contributed by atoms with van der Waals surface area (Å²) < 4.78 is 35.2. The zero-order valence-corrected chi connectivity index (χ0v) is 15.4. The topological polar surface area (TPSA) is 50.8 Å². The highest BCUT2D eigenvalue weighted by Gasteiger charge is 2.35. The quantitative estimate of drug-likeness (QED) is 0.797. The number of ether oxygens (including phenoxy) is 2. The van der Waals surface area contributed by atoms with Crippen molar-refractivity contribution < 1.29 is 23.0 Å². The summed E-state index contributed by atoms with van der Waals surface area (Å²) in [7, 11) is 1.39. The average molecular weight is 376 g/mol. The lowest BCUT2D eigenvalue weighted by Crippen LogP contribution is -2.47. The molecule has 5 nitrogen and oxygen atoms in total. The van der Waals surface area contributed by atoms with E-state index in [1.165, 1.54) is 13.2 Å². The molecular formula is C20H22F2N2O3. The number of carbonyl (C=O) groups excluding carboxylic acids is 1. The molecule has 144 valence electrons. The predicted molar refractivity (Wildman–Crippen MR) is 98.4 cm³/mol. The van der Waals surface area contributed by atoms with Gasteiger partial charge in [0.15, 0.2) is 11.5 Å². The van der Waals surface area contributed by atoms with Crippen molar-refractivity contribution in [1.82, 2.24) is 4.90 Å². The van der Waals surface area contributed by atoms with Gasteiger partial charge in [0.25, 0.3) is 5.91 Å². The minimum Gasteiger partial charge on any atom is -0.493 e. The molecule has 1 amide bonds. The molecule has 1 N–H and O–H groups in total. The molecule has 0 saturated carbocycles. The lowest BCUT2D eigenvalue weighted by Gasteiger charge is -2.41. The fourth-order valence-corrected chi connectivity index (χ4v) is 3.22. The Morgan fingerprint density at radius 1 is 1.19 bits per heavy atom. The summed E-state index contributed by atoms with van der Waals surface area (Å²) >= 11 is 0. The number of methoxy groups -OCH3 is 1. The van der Waals surface area contributed by atoms with Gasteiger partial charge in [0.2, 0.25) is 0 Å². The van der Waals surface area contributed by atoms with Gasteiger partial charge in [0.1, 0.15) is 6.17 Å². The van der Waals surface area contributed by atoms with E-state index in [0.29, 0.717) is 16.8 Å². The number of amides is 1. The smallest absolute Gasteiger partial charge is 0.387 e. The summed E-state index contributed by atoms with van der Waals surface area (Å²) in [5.74, 6) is 0.0368. The molecular weight excluding hydrogens is 354 g/mol. The Morgan fingerprint density at radius 3 is 2.59 bits per heavy atom. The molecule has 1 heterocycles. The van der Waals surface area contributed by atoms with Crippen molar-refractivity contribution >= 4 is 11.6 Å². The van der Waals surface area contributed by atoms with E-state index in [4.69, 9.17) is 4.74 Å².